The summed E-state index contributed by atoms with van der Waals surface area (Å²) in [4.78, 5) is 29.9. The zero-order valence-corrected chi connectivity index (χ0v) is 17.8. The number of halogens is 3. The number of anilines is 2. The van der Waals surface area contributed by atoms with Crippen LogP contribution in [-0.4, -0.2) is 16.9 Å². The third kappa shape index (κ3) is 5.29. The Balaban J connectivity index is 1.78. The topological polar surface area (TPSA) is 59.5 Å². The minimum absolute atomic E-state index is 0.0514. The number of nitrogens with zero attached hydrogens (tertiary/aromatic N) is 2. The van der Waals surface area contributed by atoms with Crippen LogP contribution < -0.4 is 4.90 Å². The van der Waals surface area contributed by atoms with Gasteiger partial charge in [0.15, 0.2) is 5.13 Å². The Morgan fingerprint density at radius 2 is 1.87 bits per heavy atom. The zero-order chi connectivity index (χ0) is 22.8. The fourth-order valence-electron chi connectivity index (χ4n) is 2.97. The van der Waals surface area contributed by atoms with Gasteiger partial charge in [0.1, 0.15) is 6.61 Å². The van der Waals surface area contributed by atoms with E-state index in [1.165, 1.54) is 19.1 Å². The van der Waals surface area contributed by atoms with Crippen LogP contribution in [0.15, 0.2) is 47.8 Å². The molecule has 3 aromatic rings. The smallest absolute Gasteiger partial charge is 0.416 e. The van der Waals surface area contributed by atoms with Crippen molar-refractivity contribution in [3.8, 4) is 0 Å². The molecule has 0 aliphatic heterocycles. The Morgan fingerprint density at radius 3 is 2.52 bits per heavy atom. The molecule has 2 aromatic carbocycles. The Hall–Kier alpha value is -3.20. The fraction of sp³-hybridized carbons (Fsp3) is 0.227. The second kappa shape index (κ2) is 8.89. The van der Waals surface area contributed by atoms with Crippen LogP contribution in [0.5, 0.6) is 0 Å². The van der Waals surface area contributed by atoms with Crippen LogP contribution in [0.1, 0.15) is 39.7 Å². The van der Waals surface area contributed by atoms with E-state index < -0.39 is 23.6 Å². The normalized spacial score (nSPS) is 11.3. The molecule has 9 heteroatoms. The third-order valence-electron chi connectivity index (χ3n) is 4.43. The van der Waals surface area contributed by atoms with Crippen LogP contribution in [0.25, 0.3) is 0 Å². The molecule has 0 spiro atoms. The number of carbonyl (C=O) groups excluding carboxylic acids is 2. The summed E-state index contributed by atoms with van der Waals surface area (Å²) in [6.07, 6.45) is -4.53. The summed E-state index contributed by atoms with van der Waals surface area (Å²) in [6.45, 7) is 4.84. The fourth-order valence-corrected chi connectivity index (χ4v) is 3.84. The Labute approximate surface area is 181 Å². The van der Waals surface area contributed by atoms with Crippen LogP contribution >= 0.6 is 11.3 Å². The number of rotatable bonds is 5. The highest BCUT2D eigenvalue weighted by molar-refractivity contribution is 7.14. The van der Waals surface area contributed by atoms with E-state index >= 15 is 0 Å². The first kappa shape index (κ1) is 22.5. The van der Waals surface area contributed by atoms with Crippen LogP contribution in [0.2, 0.25) is 0 Å². The van der Waals surface area contributed by atoms with Gasteiger partial charge in [-0.1, -0.05) is 23.8 Å². The summed E-state index contributed by atoms with van der Waals surface area (Å²) in [5, 5.41) is 1.78. The van der Waals surface area contributed by atoms with Gasteiger partial charge in [-0.2, -0.15) is 13.2 Å². The quantitative estimate of drug-likeness (QED) is 0.462. The number of alkyl halides is 3. The van der Waals surface area contributed by atoms with E-state index in [1.54, 1.807) is 11.4 Å². The highest BCUT2D eigenvalue weighted by Gasteiger charge is 2.31. The maximum atomic E-state index is 13.0. The van der Waals surface area contributed by atoms with E-state index in [0.29, 0.717) is 11.3 Å². The van der Waals surface area contributed by atoms with Crippen LogP contribution in [0.3, 0.4) is 0 Å². The molecular weight excluding hydrogens is 429 g/mol. The lowest BCUT2D eigenvalue weighted by molar-refractivity contribution is -0.137. The molecule has 3 rings (SSSR count). The molecule has 0 unspecified atom stereocenters. The van der Waals surface area contributed by atoms with Crippen molar-refractivity contribution in [3.63, 3.8) is 0 Å². The predicted octanol–water partition coefficient (Wildman–Crippen LogP) is 5.82. The molecule has 1 heterocycles. The van der Waals surface area contributed by atoms with Crippen molar-refractivity contribution >= 4 is 34.0 Å². The number of hydrogen-bond acceptors (Lipinski definition) is 5. The van der Waals surface area contributed by atoms with Crippen molar-refractivity contribution in [2.24, 2.45) is 0 Å². The number of ether oxygens (including phenoxy) is 1. The molecule has 1 amide bonds. The van der Waals surface area contributed by atoms with Gasteiger partial charge in [-0.05, 0) is 43.7 Å². The molecule has 0 saturated heterocycles. The highest BCUT2D eigenvalue weighted by atomic mass is 32.1. The van der Waals surface area contributed by atoms with Crippen LogP contribution in [-0.2, 0) is 22.3 Å². The summed E-state index contributed by atoms with van der Waals surface area (Å²) in [5.74, 6) is -0.999. The van der Waals surface area contributed by atoms with E-state index in [0.717, 1.165) is 39.5 Å². The first-order valence-corrected chi connectivity index (χ1v) is 10.1. The summed E-state index contributed by atoms with van der Waals surface area (Å²) in [7, 11) is 0. The molecular formula is C22H19F3N2O3S. The number of aryl methyl sites for hydroxylation is 2. The third-order valence-corrected chi connectivity index (χ3v) is 5.31. The molecule has 5 nitrogen and oxygen atoms in total. The summed E-state index contributed by atoms with van der Waals surface area (Å²) in [5.41, 5.74) is 1.83. The molecule has 0 N–H and O–H groups in total. The lowest BCUT2D eigenvalue weighted by Crippen LogP contribution is -2.23. The van der Waals surface area contributed by atoms with E-state index in [-0.39, 0.29) is 17.4 Å². The number of hydrogen-bond donors (Lipinski definition) is 0. The average Bonchev–Trinajstić information content (AvgIpc) is 3.14. The Kier molecular flexibility index (Phi) is 6.45. The van der Waals surface area contributed by atoms with E-state index in [2.05, 4.69) is 4.98 Å². The minimum Gasteiger partial charge on any atom is -0.456 e. The van der Waals surface area contributed by atoms with Gasteiger partial charge in [0.25, 0.3) is 0 Å². The minimum atomic E-state index is -4.53. The van der Waals surface area contributed by atoms with Crippen LogP contribution in [0, 0.1) is 13.8 Å². The van der Waals surface area contributed by atoms with Crippen molar-refractivity contribution < 1.29 is 27.5 Å². The lowest BCUT2D eigenvalue weighted by Gasteiger charge is -2.19. The van der Waals surface area contributed by atoms with Crippen molar-refractivity contribution in [2.45, 2.75) is 33.6 Å². The second-order valence-corrected chi connectivity index (χ2v) is 7.75. The standard InChI is InChI=1S/C22H19F3N2O3S/c1-13-7-8-19(14(2)9-13)20(29)30-11-17-12-31-21(26-17)27(15(3)28)18-6-4-5-16(10-18)22(23,24)25/h4-10,12H,11H2,1-3H3. The van der Waals surface area contributed by atoms with Crippen molar-refractivity contribution in [3.05, 3.63) is 75.8 Å². The van der Waals surface area contributed by atoms with Crippen molar-refractivity contribution in [2.75, 3.05) is 4.90 Å². The average molecular weight is 448 g/mol. The largest absolute Gasteiger partial charge is 0.456 e. The first-order chi connectivity index (χ1) is 14.6. The molecule has 0 saturated carbocycles. The number of amides is 1. The molecule has 31 heavy (non-hydrogen) atoms. The molecule has 162 valence electrons. The number of aromatic nitrogens is 1. The number of esters is 1. The van der Waals surface area contributed by atoms with Gasteiger partial charge in [-0.25, -0.2) is 9.78 Å². The number of benzene rings is 2. The Bertz CT molecular complexity index is 1130. The van der Waals surface area contributed by atoms with Gasteiger partial charge in [0.05, 0.1) is 22.5 Å². The Morgan fingerprint density at radius 1 is 1.13 bits per heavy atom. The second-order valence-electron chi connectivity index (χ2n) is 6.92. The summed E-state index contributed by atoms with van der Waals surface area (Å²) >= 11 is 1.07. The lowest BCUT2D eigenvalue weighted by atomic mass is 10.1. The van der Waals surface area contributed by atoms with Gasteiger partial charge in [-0.3, -0.25) is 9.69 Å². The van der Waals surface area contributed by atoms with E-state index in [4.69, 9.17) is 4.74 Å². The van der Waals surface area contributed by atoms with E-state index in [1.807, 2.05) is 26.0 Å². The SMILES string of the molecule is CC(=O)N(c1cccc(C(F)(F)F)c1)c1nc(COC(=O)c2ccc(C)cc2C)cs1. The van der Waals surface area contributed by atoms with Gasteiger partial charge < -0.3 is 4.74 Å². The maximum Gasteiger partial charge on any atom is 0.416 e. The van der Waals surface area contributed by atoms with Gasteiger partial charge in [-0.15, -0.1) is 11.3 Å². The number of carbonyl (C=O) groups is 2. The molecule has 1 aromatic heterocycles. The molecule has 0 bridgehead atoms. The monoisotopic (exact) mass is 448 g/mol. The van der Waals surface area contributed by atoms with Crippen LogP contribution in [0.4, 0.5) is 24.0 Å². The molecule has 0 aliphatic rings. The highest BCUT2D eigenvalue weighted by Crippen LogP contribution is 2.35. The van der Waals surface area contributed by atoms with Crippen molar-refractivity contribution in [1.29, 1.82) is 0 Å². The van der Waals surface area contributed by atoms with Gasteiger partial charge in [0.2, 0.25) is 5.91 Å². The molecule has 0 fully saturated rings. The molecule has 0 atom stereocenters. The van der Waals surface area contributed by atoms with E-state index in [9.17, 15) is 22.8 Å². The first-order valence-electron chi connectivity index (χ1n) is 9.23. The van der Waals surface area contributed by atoms with Crippen molar-refractivity contribution in [1.82, 2.24) is 4.98 Å². The molecule has 0 radical (unpaired) electrons. The van der Waals surface area contributed by atoms with Gasteiger partial charge in [0, 0.05) is 12.3 Å². The summed E-state index contributed by atoms with van der Waals surface area (Å²) < 4.78 is 44.4. The summed E-state index contributed by atoms with van der Waals surface area (Å²) in [6, 6.07) is 9.82. The predicted molar refractivity (Wildman–Crippen MR) is 111 cm³/mol. The number of thiazole rings is 1. The maximum absolute atomic E-state index is 13.0. The zero-order valence-electron chi connectivity index (χ0n) is 17.0. The molecule has 0 aliphatic carbocycles. The van der Waals surface area contributed by atoms with Gasteiger partial charge >= 0.3 is 12.1 Å².